The fourth-order valence-electron chi connectivity index (χ4n) is 2.89. The van der Waals surface area contributed by atoms with Crippen molar-refractivity contribution in [2.24, 2.45) is 0 Å². The molecule has 132 valence electrons. The number of hydrogen-bond acceptors (Lipinski definition) is 5. The van der Waals surface area contributed by atoms with Gasteiger partial charge < -0.3 is 15.4 Å². The van der Waals surface area contributed by atoms with Crippen molar-refractivity contribution in [2.75, 3.05) is 13.7 Å². The Bertz CT molecular complexity index is 782. The van der Waals surface area contributed by atoms with E-state index in [1.807, 2.05) is 25.1 Å². The Labute approximate surface area is 155 Å². The van der Waals surface area contributed by atoms with Crippen LogP contribution in [-0.4, -0.2) is 35.6 Å². The first-order valence-corrected chi connectivity index (χ1v) is 9.03. The lowest BCUT2D eigenvalue weighted by Gasteiger charge is -2.13. The van der Waals surface area contributed by atoms with E-state index in [0.29, 0.717) is 25.4 Å². The molecule has 3 rings (SSSR count). The first-order chi connectivity index (χ1) is 12.1. The number of ether oxygens (including phenoxy) is 1. The molecule has 0 radical (unpaired) electrons. The van der Waals surface area contributed by atoms with Crippen LogP contribution in [0, 0.1) is 6.92 Å². The van der Waals surface area contributed by atoms with Crippen LogP contribution in [0.1, 0.15) is 24.1 Å². The topological polar surface area (TPSA) is 76.1 Å². The van der Waals surface area contributed by atoms with Crippen LogP contribution in [0.15, 0.2) is 28.9 Å². The quantitative estimate of drug-likeness (QED) is 0.773. The van der Waals surface area contributed by atoms with E-state index in [9.17, 15) is 4.79 Å². The average molecular weight is 405 g/mol. The Kier molecular flexibility index (Phi) is 5.65. The maximum atomic E-state index is 11.2. The van der Waals surface area contributed by atoms with Gasteiger partial charge in [-0.05, 0) is 25.0 Å². The summed E-state index contributed by atoms with van der Waals surface area (Å²) in [5.74, 6) is 0.637. The molecule has 25 heavy (non-hydrogen) atoms. The van der Waals surface area contributed by atoms with E-state index >= 15 is 0 Å². The van der Waals surface area contributed by atoms with E-state index in [1.165, 1.54) is 0 Å². The van der Waals surface area contributed by atoms with Crippen molar-refractivity contribution in [3.05, 3.63) is 40.1 Å². The number of methoxy groups -OCH3 is 1. The third-order valence-corrected chi connectivity index (χ3v) is 5.18. The molecule has 1 aromatic carbocycles. The first kappa shape index (κ1) is 17.8. The molecule has 1 saturated heterocycles. The SMILES string of the molecule is COc1nc(-c2cccc(Br)c2C)cnc1CNC[C@@H]1CCC(=O)N1. The molecule has 6 nitrogen and oxygen atoms in total. The highest BCUT2D eigenvalue weighted by Gasteiger charge is 2.20. The second-order valence-electron chi connectivity index (χ2n) is 6.06. The van der Waals surface area contributed by atoms with Crippen LogP contribution in [0.2, 0.25) is 0 Å². The lowest BCUT2D eigenvalue weighted by molar-refractivity contribution is -0.119. The van der Waals surface area contributed by atoms with Crippen LogP contribution in [0.5, 0.6) is 5.88 Å². The van der Waals surface area contributed by atoms with E-state index in [-0.39, 0.29) is 11.9 Å². The summed E-state index contributed by atoms with van der Waals surface area (Å²) in [6.07, 6.45) is 3.25. The number of aromatic nitrogens is 2. The summed E-state index contributed by atoms with van der Waals surface area (Å²) < 4.78 is 6.46. The lowest BCUT2D eigenvalue weighted by atomic mass is 10.1. The number of hydrogen-bond donors (Lipinski definition) is 2. The predicted molar refractivity (Wildman–Crippen MR) is 99.3 cm³/mol. The van der Waals surface area contributed by atoms with Gasteiger partial charge in [0.15, 0.2) is 0 Å². The van der Waals surface area contributed by atoms with Crippen LogP contribution in [0.4, 0.5) is 0 Å². The predicted octanol–water partition coefficient (Wildman–Crippen LogP) is 2.59. The third kappa shape index (κ3) is 4.16. The molecule has 0 spiro atoms. The molecule has 1 amide bonds. The van der Waals surface area contributed by atoms with Gasteiger partial charge in [0.1, 0.15) is 5.69 Å². The van der Waals surface area contributed by atoms with Gasteiger partial charge in [-0.2, -0.15) is 0 Å². The van der Waals surface area contributed by atoms with Gasteiger partial charge in [0.05, 0.1) is 19.0 Å². The van der Waals surface area contributed by atoms with Crippen molar-refractivity contribution in [3.8, 4) is 17.1 Å². The molecule has 1 atom stereocenters. The van der Waals surface area contributed by atoms with Crippen molar-refractivity contribution in [1.29, 1.82) is 0 Å². The Morgan fingerprint density at radius 1 is 1.44 bits per heavy atom. The summed E-state index contributed by atoms with van der Waals surface area (Å²) in [6, 6.07) is 6.19. The summed E-state index contributed by atoms with van der Waals surface area (Å²) in [4.78, 5) is 20.4. The van der Waals surface area contributed by atoms with Crippen molar-refractivity contribution in [1.82, 2.24) is 20.6 Å². The summed E-state index contributed by atoms with van der Waals surface area (Å²) in [5, 5.41) is 6.25. The maximum absolute atomic E-state index is 11.2. The zero-order valence-corrected chi connectivity index (χ0v) is 15.9. The molecule has 0 aliphatic carbocycles. The Morgan fingerprint density at radius 3 is 3.00 bits per heavy atom. The van der Waals surface area contributed by atoms with Gasteiger partial charge in [-0.25, -0.2) is 4.98 Å². The van der Waals surface area contributed by atoms with Gasteiger partial charge in [-0.15, -0.1) is 0 Å². The highest BCUT2D eigenvalue weighted by atomic mass is 79.9. The fourth-order valence-corrected chi connectivity index (χ4v) is 3.26. The minimum Gasteiger partial charge on any atom is -0.480 e. The molecule has 0 saturated carbocycles. The molecule has 2 N–H and O–H groups in total. The molecule has 2 aromatic rings. The summed E-state index contributed by atoms with van der Waals surface area (Å²) in [5.41, 5.74) is 3.67. The van der Waals surface area contributed by atoms with Crippen LogP contribution in [-0.2, 0) is 11.3 Å². The highest BCUT2D eigenvalue weighted by Crippen LogP contribution is 2.28. The third-order valence-electron chi connectivity index (χ3n) is 4.32. The van der Waals surface area contributed by atoms with Crippen molar-refractivity contribution < 1.29 is 9.53 Å². The Hall–Kier alpha value is -1.99. The van der Waals surface area contributed by atoms with E-state index in [4.69, 9.17) is 4.74 Å². The van der Waals surface area contributed by atoms with Gasteiger partial charge in [0.2, 0.25) is 11.8 Å². The average Bonchev–Trinajstić information content (AvgIpc) is 3.03. The van der Waals surface area contributed by atoms with Gasteiger partial charge in [-0.3, -0.25) is 9.78 Å². The lowest BCUT2D eigenvalue weighted by Crippen LogP contribution is -2.35. The number of rotatable bonds is 6. The standard InChI is InChI=1S/C18H21BrN4O2/c1-11-13(4-3-5-14(11)19)15-10-21-16(18(23-15)25-2)9-20-8-12-6-7-17(24)22-12/h3-5,10,12,20H,6-9H2,1-2H3,(H,22,24)/t12-/m0/s1. The van der Waals surface area contributed by atoms with Crippen LogP contribution in [0.3, 0.4) is 0 Å². The Balaban J connectivity index is 1.71. The van der Waals surface area contributed by atoms with E-state index in [1.54, 1.807) is 13.3 Å². The van der Waals surface area contributed by atoms with E-state index in [2.05, 4.69) is 36.5 Å². The summed E-state index contributed by atoms with van der Waals surface area (Å²) in [6.45, 7) is 3.29. The molecule has 1 fully saturated rings. The van der Waals surface area contributed by atoms with Crippen LogP contribution >= 0.6 is 15.9 Å². The van der Waals surface area contributed by atoms with Crippen LogP contribution < -0.4 is 15.4 Å². The minimum absolute atomic E-state index is 0.123. The molecular formula is C18H21BrN4O2. The number of nitrogens with zero attached hydrogens (tertiary/aromatic N) is 2. The first-order valence-electron chi connectivity index (χ1n) is 8.24. The van der Waals surface area contributed by atoms with Crippen molar-refractivity contribution in [2.45, 2.75) is 32.4 Å². The van der Waals surface area contributed by atoms with Crippen molar-refractivity contribution >= 4 is 21.8 Å². The van der Waals surface area contributed by atoms with E-state index < -0.39 is 0 Å². The number of amides is 1. The number of carbonyl (C=O) groups excluding carboxylic acids is 1. The second kappa shape index (κ2) is 7.93. The number of carbonyl (C=O) groups is 1. The van der Waals surface area contributed by atoms with Gasteiger partial charge in [0.25, 0.3) is 0 Å². The van der Waals surface area contributed by atoms with Gasteiger partial charge in [0, 0.05) is 35.6 Å². The smallest absolute Gasteiger partial charge is 0.237 e. The molecule has 1 aliphatic heterocycles. The molecule has 0 bridgehead atoms. The van der Waals surface area contributed by atoms with Crippen LogP contribution in [0.25, 0.3) is 11.3 Å². The normalized spacial score (nSPS) is 16.8. The fraction of sp³-hybridized carbons (Fsp3) is 0.389. The molecular weight excluding hydrogens is 384 g/mol. The maximum Gasteiger partial charge on any atom is 0.237 e. The largest absolute Gasteiger partial charge is 0.480 e. The zero-order valence-electron chi connectivity index (χ0n) is 14.3. The Morgan fingerprint density at radius 2 is 2.28 bits per heavy atom. The summed E-state index contributed by atoms with van der Waals surface area (Å²) in [7, 11) is 1.60. The number of nitrogens with one attached hydrogen (secondary N) is 2. The van der Waals surface area contributed by atoms with Crippen molar-refractivity contribution in [3.63, 3.8) is 0 Å². The number of halogens is 1. The van der Waals surface area contributed by atoms with Gasteiger partial charge in [-0.1, -0.05) is 28.1 Å². The summed E-state index contributed by atoms with van der Waals surface area (Å²) >= 11 is 3.54. The molecule has 7 heteroatoms. The van der Waals surface area contributed by atoms with E-state index in [0.717, 1.165) is 33.4 Å². The number of benzene rings is 1. The zero-order chi connectivity index (χ0) is 17.8. The highest BCUT2D eigenvalue weighted by molar-refractivity contribution is 9.10. The monoisotopic (exact) mass is 404 g/mol. The molecule has 1 aliphatic rings. The molecule has 0 unspecified atom stereocenters. The molecule has 2 heterocycles. The van der Waals surface area contributed by atoms with Gasteiger partial charge >= 0.3 is 0 Å². The second-order valence-corrected chi connectivity index (χ2v) is 6.91. The molecule has 1 aromatic heterocycles. The minimum atomic E-state index is 0.123.